The van der Waals surface area contributed by atoms with E-state index in [1.165, 1.54) is 0 Å². The van der Waals surface area contributed by atoms with E-state index in [-0.39, 0.29) is 11.9 Å². The first-order valence-electron chi connectivity index (χ1n) is 7.81. The van der Waals surface area contributed by atoms with Crippen LogP contribution in [0.5, 0.6) is 0 Å². The van der Waals surface area contributed by atoms with Crippen LogP contribution < -0.4 is 10.2 Å². The van der Waals surface area contributed by atoms with E-state index < -0.39 is 0 Å². The highest BCUT2D eigenvalue weighted by molar-refractivity contribution is 6.37. The van der Waals surface area contributed by atoms with Crippen molar-refractivity contribution in [2.24, 2.45) is 0 Å². The zero-order valence-corrected chi connectivity index (χ0v) is 15.2. The van der Waals surface area contributed by atoms with Gasteiger partial charge in [-0.15, -0.1) is 0 Å². The van der Waals surface area contributed by atoms with Crippen LogP contribution in [0.4, 0.5) is 5.69 Å². The molecule has 0 radical (unpaired) electrons. The summed E-state index contributed by atoms with van der Waals surface area (Å²) in [5.74, 6) is -0.120. The quantitative estimate of drug-likeness (QED) is 0.805. The van der Waals surface area contributed by atoms with Crippen molar-refractivity contribution < 1.29 is 4.79 Å². The third kappa shape index (κ3) is 3.86. The predicted molar refractivity (Wildman–Crippen MR) is 101 cm³/mol. The molecule has 126 valence electrons. The number of nitrogens with zero attached hydrogens (tertiary/aromatic N) is 1. The number of carbonyl (C=O) groups excluding carboxylic acids is 1. The second kappa shape index (κ2) is 7.75. The van der Waals surface area contributed by atoms with Crippen LogP contribution in [0.1, 0.15) is 23.2 Å². The van der Waals surface area contributed by atoms with E-state index in [4.69, 9.17) is 34.8 Å². The molecule has 3 nitrogen and oxygen atoms in total. The molecule has 0 spiro atoms. The van der Waals surface area contributed by atoms with Gasteiger partial charge in [0.2, 0.25) is 0 Å². The van der Waals surface area contributed by atoms with Gasteiger partial charge in [-0.2, -0.15) is 0 Å². The molecule has 1 heterocycles. The highest BCUT2D eigenvalue weighted by Gasteiger charge is 2.28. The van der Waals surface area contributed by atoms with Gasteiger partial charge < -0.3 is 10.2 Å². The van der Waals surface area contributed by atoms with Crippen LogP contribution in [0.25, 0.3) is 0 Å². The number of benzene rings is 2. The average Bonchev–Trinajstić information content (AvgIpc) is 2.58. The van der Waals surface area contributed by atoms with Crippen molar-refractivity contribution in [1.29, 1.82) is 0 Å². The molecular weight excluding hydrogens is 367 g/mol. The molecule has 0 bridgehead atoms. The minimum absolute atomic E-state index is 0.117. The maximum Gasteiger partial charge on any atom is 0.260 e. The molecule has 6 heteroatoms. The first-order chi connectivity index (χ1) is 11.6. The van der Waals surface area contributed by atoms with Gasteiger partial charge in [0.15, 0.2) is 0 Å². The minimum atomic E-state index is -0.120. The predicted octanol–water partition coefficient (Wildman–Crippen LogP) is 5.05. The highest BCUT2D eigenvalue weighted by Crippen LogP contribution is 2.29. The maximum atomic E-state index is 13.2. The summed E-state index contributed by atoms with van der Waals surface area (Å²) in [5.41, 5.74) is 1.27. The molecule has 1 aliphatic heterocycles. The van der Waals surface area contributed by atoms with Gasteiger partial charge in [0, 0.05) is 21.8 Å². The summed E-state index contributed by atoms with van der Waals surface area (Å²) in [6, 6.07) is 12.4. The van der Waals surface area contributed by atoms with E-state index >= 15 is 0 Å². The van der Waals surface area contributed by atoms with Gasteiger partial charge in [-0.3, -0.25) is 4.79 Å². The summed E-state index contributed by atoms with van der Waals surface area (Å²) >= 11 is 18.2. The molecule has 0 saturated carbocycles. The van der Waals surface area contributed by atoms with Gasteiger partial charge in [0.05, 0.1) is 10.6 Å². The maximum absolute atomic E-state index is 13.2. The summed E-state index contributed by atoms with van der Waals surface area (Å²) in [6.45, 7) is 1.77. The third-order valence-electron chi connectivity index (χ3n) is 4.16. The highest BCUT2D eigenvalue weighted by atomic mass is 35.5. The summed E-state index contributed by atoms with van der Waals surface area (Å²) in [7, 11) is 0. The van der Waals surface area contributed by atoms with E-state index in [0.29, 0.717) is 20.6 Å². The SMILES string of the molecule is O=C(c1ccc(Cl)cc1Cl)N(c1ccc(Cl)cc1)C1CCNCC1. The molecule has 24 heavy (non-hydrogen) atoms. The summed E-state index contributed by atoms with van der Waals surface area (Å²) in [4.78, 5) is 15.0. The van der Waals surface area contributed by atoms with Crippen molar-refractivity contribution >= 4 is 46.4 Å². The lowest BCUT2D eigenvalue weighted by Crippen LogP contribution is -2.46. The van der Waals surface area contributed by atoms with Crippen LogP contribution in [0, 0.1) is 0 Å². The van der Waals surface area contributed by atoms with Gasteiger partial charge >= 0.3 is 0 Å². The Morgan fingerprint density at radius 3 is 2.21 bits per heavy atom. The van der Waals surface area contributed by atoms with E-state index in [2.05, 4.69) is 5.32 Å². The Balaban J connectivity index is 1.99. The molecular formula is C18H17Cl3N2O. The second-order valence-corrected chi connectivity index (χ2v) is 7.04. The van der Waals surface area contributed by atoms with Crippen LogP contribution in [0.3, 0.4) is 0 Å². The second-order valence-electron chi connectivity index (χ2n) is 5.76. The molecule has 2 aromatic rings. The Kier molecular flexibility index (Phi) is 5.67. The van der Waals surface area contributed by atoms with Gasteiger partial charge in [0.25, 0.3) is 5.91 Å². The lowest BCUT2D eigenvalue weighted by Gasteiger charge is -2.35. The molecule has 0 unspecified atom stereocenters. The average molecular weight is 384 g/mol. The molecule has 3 rings (SSSR count). The number of hydrogen-bond acceptors (Lipinski definition) is 2. The summed E-state index contributed by atoms with van der Waals surface area (Å²) in [5, 5.41) is 4.84. The molecule has 1 amide bonds. The number of halogens is 3. The fourth-order valence-corrected chi connectivity index (χ4v) is 3.57. The lowest BCUT2D eigenvalue weighted by atomic mass is 10.0. The Bertz CT molecular complexity index is 728. The fraction of sp³-hybridized carbons (Fsp3) is 0.278. The topological polar surface area (TPSA) is 32.3 Å². The summed E-state index contributed by atoms with van der Waals surface area (Å²) in [6.07, 6.45) is 1.78. The Labute approximate surface area is 156 Å². The van der Waals surface area contributed by atoms with Gasteiger partial charge in [-0.1, -0.05) is 34.8 Å². The Morgan fingerprint density at radius 2 is 1.58 bits per heavy atom. The third-order valence-corrected chi connectivity index (χ3v) is 4.96. The number of nitrogens with one attached hydrogen (secondary N) is 1. The standard InChI is InChI=1S/C18H17Cl3N2O/c19-12-1-4-14(5-2-12)23(15-7-9-22-10-8-15)18(24)16-6-3-13(20)11-17(16)21/h1-6,11,15,22H,7-10H2. The number of hydrogen-bond donors (Lipinski definition) is 1. The first-order valence-corrected chi connectivity index (χ1v) is 8.94. The summed E-state index contributed by atoms with van der Waals surface area (Å²) < 4.78 is 0. The zero-order chi connectivity index (χ0) is 17.1. The van der Waals surface area contributed by atoms with Crippen LogP contribution in [-0.2, 0) is 0 Å². The number of anilines is 1. The van der Waals surface area contributed by atoms with Crippen molar-refractivity contribution in [3.8, 4) is 0 Å². The molecule has 1 fully saturated rings. The number of rotatable bonds is 3. The Hall–Kier alpha value is -1.26. The number of piperidine rings is 1. The van der Waals surface area contributed by atoms with Crippen LogP contribution in [0.2, 0.25) is 15.1 Å². The van der Waals surface area contributed by atoms with Gasteiger partial charge in [0.1, 0.15) is 0 Å². The van der Waals surface area contributed by atoms with Gasteiger partial charge in [-0.25, -0.2) is 0 Å². The van der Waals surface area contributed by atoms with Crippen molar-refractivity contribution in [3.63, 3.8) is 0 Å². The zero-order valence-electron chi connectivity index (χ0n) is 12.9. The van der Waals surface area contributed by atoms with Crippen LogP contribution in [0.15, 0.2) is 42.5 Å². The molecule has 1 N–H and O–H groups in total. The largest absolute Gasteiger partial charge is 0.317 e. The van der Waals surface area contributed by atoms with E-state index in [1.807, 2.05) is 17.0 Å². The number of amides is 1. The molecule has 0 aromatic heterocycles. The monoisotopic (exact) mass is 382 g/mol. The van der Waals surface area contributed by atoms with Crippen molar-refractivity contribution in [1.82, 2.24) is 5.32 Å². The molecule has 0 atom stereocenters. The smallest absolute Gasteiger partial charge is 0.260 e. The molecule has 1 aliphatic rings. The van der Waals surface area contributed by atoms with Gasteiger partial charge in [-0.05, 0) is 68.4 Å². The number of carbonyl (C=O) groups is 1. The molecule has 1 saturated heterocycles. The van der Waals surface area contributed by atoms with E-state index in [0.717, 1.165) is 31.6 Å². The fourth-order valence-electron chi connectivity index (χ4n) is 2.95. The molecule has 2 aromatic carbocycles. The van der Waals surface area contributed by atoms with Crippen molar-refractivity contribution in [2.45, 2.75) is 18.9 Å². The Morgan fingerprint density at radius 1 is 0.958 bits per heavy atom. The minimum Gasteiger partial charge on any atom is -0.317 e. The van der Waals surface area contributed by atoms with Crippen LogP contribution in [-0.4, -0.2) is 25.0 Å². The first kappa shape index (κ1) is 17.6. The lowest BCUT2D eigenvalue weighted by molar-refractivity contribution is 0.0972. The van der Waals surface area contributed by atoms with E-state index in [9.17, 15) is 4.79 Å². The van der Waals surface area contributed by atoms with Crippen LogP contribution >= 0.6 is 34.8 Å². The molecule has 0 aliphatic carbocycles. The van der Waals surface area contributed by atoms with E-state index in [1.54, 1.807) is 30.3 Å². The van der Waals surface area contributed by atoms with Crippen molar-refractivity contribution in [3.05, 3.63) is 63.1 Å². The normalized spacial score (nSPS) is 15.3. The van der Waals surface area contributed by atoms with Crippen molar-refractivity contribution in [2.75, 3.05) is 18.0 Å².